The van der Waals surface area contributed by atoms with E-state index in [-0.39, 0.29) is 22.2 Å². The van der Waals surface area contributed by atoms with Crippen molar-refractivity contribution in [2.75, 3.05) is 5.32 Å². The molecule has 0 fully saturated rings. The van der Waals surface area contributed by atoms with Crippen molar-refractivity contribution in [1.29, 1.82) is 0 Å². The van der Waals surface area contributed by atoms with Gasteiger partial charge in [-0.05, 0) is 36.0 Å². The predicted octanol–water partition coefficient (Wildman–Crippen LogP) is 3.27. The molecule has 8 heteroatoms. The zero-order chi connectivity index (χ0) is 13.9. The Morgan fingerprint density at radius 1 is 1.26 bits per heavy atom. The summed E-state index contributed by atoms with van der Waals surface area (Å²) in [4.78, 5) is 11.8. The topological polar surface area (TPSA) is 57.8 Å². The average molecular weight is 287 g/mol. The third-order valence-electron chi connectivity index (χ3n) is 2.11. The number of benzene rings is 1. The summed E-state index contributed by atoms with van der Waals surface area (Å²) in [6.45, 7) is 0. The van der Waals surface area contributed by atoms with E-state index in [0.29, 0.717) is 5.69 Å². The van der Waals surface area contributed by atoms with Crippen molar-refractivity contribution in [3.8, 4) is 0 Å². The minimum atomic E-state index is -4.33. The Bertz CT molecular complexity index is 552. The molecule has 2 aromatic rings. The molecule has 2 N–H and O–H groups in total. The van der Waals surface area contributed by atoms with Crippen molar-refractivity contribution in [3.05, 3.63) is 42.2 Å². The molecule has 0 aliphatic heterocycles. The van der Waals surface area contributed by atoms with E-state index in [2.05, 4.69) is 15.5 Å². The number of amides is 1. The van der Waals surface area contributed by atoms with Gasteiger partial charge < -0.3 is 5.32 Å². The average Bonchev–Trinajstić information content (AvgIpc) is 2.80. The maximum absolute atomic E-state index is 12.1. The fourth-order valence-corrected chi connectivity index (χ4v) is 1.87. The van der Waals surface area contributed by atoms with E-state index in [4.69, 9.17) is 0 Å². The number of rotatable bonds is 3. The zero-order valence-electron chi connectivity index (χ0n) is 9.36. The molecule has 4 nitrogen and oxygen atoms in total. The number of nitrogens with one attached hydrogen (secondary N) is 2. The lowest BCUT2D eigenvalue weighted by atomic mass is 10.2. The second kappa shape index (κ2) is 5.35. The van der Waals surface area contributed by atoms with E-state index in [1.807, 2.05) is 0 Å². The Morgan fingerprint density at radius 3 is 2.47 bits per heavy atom. The van der Waals surface area contributed by atoms with Gasteiger partial charge in [-0.1, -0.05) is 0 Å². The SMILES string of the molecule is O=C(Nc1cn[nH]c1)c1ccc(SC(F)(F)F)cc1. The van der Waals surface area contributed by atoms with Gasteiger partial charge in [-0.25, -0.2) is 0 Å². The molecule has 1 aromatic heterocycles. The molecule has 1 amide bonds. The summed E-state index contributed by atoms with van der Waals surface area (Å²) in [5, 5.41) is 8.73. The van der Waals surface area contributed by atoms with Crippen molar-refractivity contribution in [1.82, 2.24) is 10.2 Å². The highest BCUT2D eigenvalue weighted by Gasteiger charge is 2.29. The first-order chi connectivity index (χ1) is 8.94. The number of aromatic amines is 1. The molecule has 0 spiro atoms. The molecule has 0 bridgehead atoms. The van der Waals surface area contributed by atoms with E-state index in [0.717, 1.165) is 0 Å². The van der Waals surface area contributed by atoms with Gasteiger partial charge in [0, 0.05) is 16.7 Å². The third-order valence-corrected chi connectivity index (χ3v) is 2.85. The highest BCUT2D eigenvalue weighted by atomic mass is 32.2. The van der Waals surface area contributed by atoms with Crippen molar-refractivity contribution >= 4 is 23.4 Å². The van der Waals surface area contributed by atoms with E-state index >= 15 is 0 Å². The summed E-state index contributed by atoms with van der Waals surface area (Å²) >= 11 is -0.220. The fourth-order valence-electron chi connectivity index (χ4n) is 1.33. The van der Waals surface area contributed by atoms with Crippen LogP contribution < -0.4 is 5.32 Å². The minimum Gasteiger partial charge on any atom is -0.319 e. The van der Waals surface area contributed by atoms with Gasteiger partial charge in [-0.15, -0.1) is 0 Å². The molecule has 0 aliphatic carbocycles. The minimum absolute atomic E-state index is 0.0346. The summed E-state index contributed by atoms with van der Waals surface area (Å²) in [6.07, 6.45) is 2.91. The van der Waals surface area contributed by atoms with E-state index in [1.165, 1.54) is 36.7 Å². The number of halogens is 3. The predicted molar refractivity (Wildman–Crippen MR) is 64.9 cm³/mol. The normalized spacial score (nSPS) is 11.3. The van der Waals surface area contributed by atoms with Crippen molar-refractivity contribution in [2.24, 2.45) is 0 Å². The first-order valence-corrected chi connectivity index (χ1v) is 5.92. The molecule has 1 aromatic carbocycles. The quantitative estimate of drug-likeness (QED) is 0.852. The Morgan fingerprint density at radius 2 is 1.95 bits per heavy atom. The van der Waals surface area contributed by atoms with E-state index in [9.17, 15) is 18.0 Å². The van der Waals surface area contributed by atoms with Gasteiger partial charge in [0.25, 0.3) is 5.91 Å². The molecular weight excluding hydrogens is 279 g/mol. The Balaban J connectivity index is 2.04. The van der Waals surface area contributed by atoms with Crippen LogP contribution in [0.4, 0.5) is 18.9 Å². The molecule has 0 saturated carbocycles. The first-order valence-electron chi connectivity index (χ1n) is 5.10. The summed E-state index contributed by atoms with van der Waals surface area (Å²) in [6, 6.07) is 5.18. The highest BCUT2D eigenvalue weighted by molar-refractivity contribution is 8.00. The van der Waals surface area contributed by atoms with Crippen LogP contribution in [0.5, 0.6) is 0 Å². The lowest BCUT2D eigenvalue weighted by Crippen LogP contribution is -2.11. The molecule has 0 unspecified atom stereocenters. The second-order valence-electron chi connectivity index (χ2n) is 3.51. The maximum atomic E-state index is 12.1. The second-order valence-corrected chi connectivity index (χ2v) is 4.65. The third kappa shape index (κ3) is 4.02. The standard InChI is InChI=1S/C11H8F3N3OS/c12-11(13,14)19-9-3-1-7(2-4-9)10(18)17-8-5-15-16-6-8/h1-6H,(H,15,16)(H,17,18). The number of hydrogen-bond acceptors (Lipinski definition) is 3. The number of carbonyl (C=O) groups is 1. The molecule has 19 heavy (non-hydrogen) atoms. The number of H-pyrrole nitrogens is 1. The van der Waals surface area contributed by atoms with Crippen LogP contribution in [0.3, 0.4) is 0 Å². The smallest absolute Gasteiger partial charge is 0.319 e. The first kappa shape index (κ1) is 13.5. The number of anilines is 1. The van der Waals surface area contributed by atoms with Crippen LogP contribution in [0.25, 0.3) is 0 Å². The Kier molecular flexibility index (Phi) is 3.79. The number of nitrogens with zero attached hydrogens (tertiary/aromatic N) is 1. The van der Waals surface area contributed by atoms with Crippen molar-refractivity contribution in [3.63, 3.8) is 0 Å². The van der Waals surface area contributed by atoms with Crippen LogP contribution in [0.2, 0.25) is 0 Å². The van der Waals surface area contributed by atoms with Crippen LogP contribution in [-0.2, 0) is 0 Å². The zero-order valence-corrected chi connectivity index (χ0v) is 10.2. The van der Waals surface area contributed by atoms with Crippen LogP contribution >= 0.6 is 11.8 Å². The van der Waals surface area contributed by atoms with Gasteiger partial charge in [-0.2, -0.15) is 18.3 Å². The molecule has 0 aliphatic rings. The lowest BCUT2D eigenvalue weighted by Gasteiger charge is -2.06. The summed E-state index contributed by atoms with van der Waals surface area (Å²) in [7, 11) is 0. The molecule has 0 saturated heterocycles. The van der Waals surface area contributed by atoms with Gasteiger partial charge in [0.1, 0.15) is 0 Å². The van der Waals surface area contributed by atoms with E-state index < -0.39 is 11.4 Å². The maximum Gasteiger partial charge on any atom is 0.446 e. The Hall–Kier alpha value is -1.96. The molecule has 0 atom stereocenters. The summed E-state index contributed by atoms with van der Waals surface area (Å²) in [5.41, 5.74) is -3.58. The van der Waals surface area contributed by atoms with Crippen molar-refractivity contribution in [2.45, 2.75) is 10.4 Å². The molecular formula is C11H8F3N3OS. The lowest BCUT2D eigenvalue weighted by molar-refractivity contribution is -0.0328. The van der Waals surface area contributed by atoms with Gasteiger partial charge in [0.2, 0.25) is 0 Å². The van der Waals surface area contributed by atoms with Crippen LogP contribution in [0.1, 0.15) is 10.4 Å². The number of hydrogen-bond donors (Lipinski definition) is 2. The molecule has 100 valence electrons. The van der Waals surface area contributed by atoms with Crippen LogP contribution in [0, 0.1) is 0 Å². The fraction of sp³-hybridized carbons (Fsp3) is 0.0909. The molecule has 1 heterocycles. The van der Waals surface area contributed by atoms with Crippen molar-refractivity contribution < 1.29 is 18.0 Å². The Labute approximate surface area is 110 Å². The molecule has 2 rings (SSSR count). The van der Waals surface area contributed by atoms with Crippen LogP contribution in [-0.4, -0.2) is 21.6 Å². The number of carbonyl (C=O) groups excluding carboxylic acids is 1. The number of aromatic nitrogens is 2. The van der Waals surface area contributed by atoms with Crippen LogP contribution in [0.15, 0.2) is 41.6 Å². The van der Waals surface area contributed by atoms with Gasteiger partial charge in [-0.3, -0.25) is 9.89 Å². The van der Waals surface area contributed by atoms with Gasteiger partial charge in [0.15, 0.2) is 0 Å². The number of thioether (sulfide) groups is 1. The molecule has 0 radical (unpaired) electrons. The number of alkyl halides is 3. The summed E-state index contributed by atoms with van der Waals surface area (Å²) < 4.78 is 36.4. The summed E-state index contributed by atoms with van der Waals surface area (Å²) in [5.74, 6) is -0.412. The highest BCUT2D eigenvalue weighted by Crippen LogP contribution is 2.36. The van der Waals surface area contributed by atoms with E-state index in [1.54, 1.807) is 0 Å². The van der Waals surface area contributed by atoms with Gasteiger partial charge >= 0.3 is 5.51 Å². The monoisotopic (exact) mass is 287 g/mol. The van der Waals surface area contributed by atoms with Gasteiger partial charge in [0.05, 0.1) is 11.9 Å². The largest absolute Gasteiger partial charge is 0.446 e.